The average molecular weight is 1920 g/mol. The van der Waals surface area contributed by atoms with Crippen molar-refractivity contribution in [3.05, 3.63) is 311 Å². The van der Waals surface area contributed by atoms with Crippen molar-refractivity contribution in [1.82, 2.24) is 21.3 Å². The van der Waals surface area contributed by atoms with Gasteiger partial charge in [0.1, 0.15) is 96.1 Å². The van der Waals surface area contributed by atoms with Gasteiger partial charge in [-0.15, -0.1) is 0 Å². The van der Waals surface area contributed by atoms with Crippen molar-refractivity contribution >= 4 is 71.9 Å². The van der Waals surface area contributed by atoms with Gasteiger partial charge in [0.05, 0.1) is 56.3 Å². The molecule has 0 aromatic heterocycles. The fraction of sp³-hybridized carbons (Fsp3) is 0.358. The first-order chi connectivity index (χ1) is 66.8. The molecule has 8 rings (SSSR count). The number of carbonyl (C=O) groups excluding carboxylic acids is 10. The normalized spacial score (nSPS) is 23.6. The second-order valence-electron chi connectivity index (χ2n) is 32.1. The minimum absolute atomic E-state index is 0.000482. The number of cyclic esters (lactones) is 6. The van der Waals surface area contributed by atoms with Crippen molar-refractivity contribution in [3.8, 4) is 23.0 Å². The number of fused-ring (bicyclic) bond motifs is 4. The monoisotopic (exact) mass is 1920 g/mol. The maximum absolute atomic E-state index is 13.1. The number of hydrogen-bond donors (Lipinski definition) is 13. The molecule has 12 atom stereocenters. The molecule has 13 N–H and O–H groups in total. The van der Waals surface area contributed by atoms with Crippen LogP contribution in [0.15, 0.2) is 277 Å². The van der Waals surface area contributed by atoms with Crippen molar-refractivity contribution < 1.29 is 132 Å². The average Bonchev–Trinajstić information content (AvgIpc) is 1.40. The molecule has 4 aliphatic rings. The topological polar surface area (TPSA) is 499 Å². The van der Waals surface area contributed by atoms with E-state index in [0.29, 0.717) is 71.9 Å². The van der Waals surface area contributed by atoms with Crippen LogP contribution < -0.4 is 21.3 Å². The molecule has 0 bridgehead atoms. The molecule has 33 heteroatoms. The Kier molecular flexibility index (Phi) is 53.8. The maximum atomic E-state index is 13.1. The first-order valence-corrected chi connectivity index (χ1v) is 45.5. The van der Waals surface area contributed by atoms with Gasteiger partial charge in [0.25, 0.3) is 0 Å². The van der Waals surface area contributed by atoms with Gasteiger partial charge in [-0.05, 0) is 166 Å². The molecule has 0 spiro atoms. The van der Waals surface area contributed by atoms with Gasteiger partial charge in [0, 0.05) is 87.6 Å². The lowest BCUT2D eigenvalue weighted by atomic mass is 9.93. The molecular weight excluding hydrogens is 1790 g/mol. The number of aliphatic hydroxyl groups excluding tert-OH is 5. The van der Waals surface area contributed by atoms with Crippen LogP contribution in [0.2, 0.25) is 0 Å². The van der Waals surface area contributed by atoms with E-state index in [4.69, 9.17) is 28.4 Å². The van der Waals surface area contributed by atoms with Crippen LogP contribution in [0.5, 0.6) is 23.0 Å². The lowest BCUT2D eigenvalue weighted by molar-refractivity contribution is -0.151. The lowest BCUT2D eigenvalue weighted by Gasteiger charge is -2.24. The van der Waals surface area contributed by atoms with Crippen molar-refractivity contribution in [2.24, 2.45) is 22.1 Å². The molecule has 4 aromatic carbocycles. The highest BCUT2D eigenvalue weighted by Gasteiger charge is 2.31. The van der Waals surface area contributed by atoms with Crippen LogP contribution in [0.25, 0.3) is 0 Å². The third kappa shape index (κ3) is 44.8. The van der Waals surface area contributed by atoms with Crippen LogP contribution in [-0.4, -0.2) is 200 Å². The summed E-state index contributed by atoms with van der Waals surface area (Å²) in [5, 5.41) is 110. The van der Waals surface area contributed by atoms with E-state index >= 15 is 0 Å². The predicted octanol–water partition coefficient (Wildman–Crippen LogP) is 13.4. The number of nitrogens with zero attached hydrogens (tertiary/aromatic N) is 2. The number of ether oxygens (including phenoxy) is 6. The van der Waals surface area contributed by atoms with E-state index < -0.39 is 115 Å². The second kappa shape index (κ2) is 65.2. The molecule has 0 radical (unpaired) electrons. The Morgan fingerprint density at radius 3 is 1.08 bits per heavy atom. The Morgan fingerprint density at radius 1 is 0.410 bits per heavy atom. The molecule has 4 amide bonds. The molecule has 0 aliphatic carbocycles. The number of hydrogen-bond acceptors (Lipinski definition) is 29. The van der Waals surface area contributed by atoms with E-state index in [-0.39, 0.29) is 120 Å². The summed E-state index contributed by atoms with van der Waals surface area (Å²) in [7, 11) is 2.74. The second-order valence-corrected chi connectivity index (χ2v) is 32.1. The van der Waals surface area contributed by atoms with Crippen LogP contribution in [0.3, 0.4) is 0 Å². The largest absolute Gasteiger partial charge is 0.507 e. The summed E-state index contributed by atoms with van der Waals surface area (Å²) in [5.41, 5.74) is 3.70. The summed E-state index contributed by atoms with van der Waals surface area (Å²) >= 11 is 0. The quantitative estimate of drug-likeness (QED) is 0.00557. The van der Waals surface area contributed by atoms with Gasteiger partial charge in [-0.25, -0.2) is 19.2 Å². The number of phenols is 4. The summed E-state index contributed by atoms with van der Waals surface area (Å²) in [4.78, 5) is 133. The zero-order valence-corrected chi connectivity index (χ0v) is 79.6. The van der Waals surface area contributed by atoms with E-state index in [0.717, 1.165) is 12.8 Å². The van der Waals surface area contributed by atoms with E-state index in [2.05, 4.69) is 41.3 Å². The highest BCUT2D eigenvalue weighted by atomic mass is 16.6. The van der Waals surface area contributed by atoms with Gasteiger partial charge in [-0.3, -0.25) is 28.8 Å². The smallest absolute Gasteiger partial charge is 0.342 e. The van der Waals surface area contributed by atoms with Crippen LogP contribution in [0.4, 0.5) is 0 Å². The third-order valence-corrected chi connectivity index (χ3v) is 21.1. The number of phenolic OH excluding ortho intramolecular Hbond substituents is 4. The van der Waals surface area contributed by atoms with Gasteiger partial charge in [-0.1, -0.05) is 196 Å². The third-order valence-electron chi connectivity index (χ3n) is 21.1. The van der Waals surface area contributed by atoms with Crippen molar-refractivity contribution in [2.45, 2.75) is 212 Å². The van der Waals surface area contributed by atoms with Gasteiger partial charge in [0.2, 0.25) is 23.6 Å². The summed E-state index contributed by atoms with van der Waals surface area (Å²) in [5.74, 6) is -6.53. The van der Waals surface area contributed by atoms with Gasteiger partial charge < -0.3 is 105 Å². The van der Waals surface area contributed by atoms with E-state index in [9.17, 15) is 93.9 Å². The fourth-order valence-electron chi connectivity index (χ4n) is 13.3. The van der Waals surface area contributed by atoms with Crippen LogP contribution in [0, 0.1) is 11.8 Å². The number of carbonyl (C=O) groups is 10. The number of amides is 4. The zero-order valence-electron chi connectivity index (χ0n) is 79.6. The Labute approximate surface area is 810 Å². The summed E-state index contributed by atoms with van der Waals surface area (Å²) < 4.78 is 33.1. The fourth-order valence-corrected chi connectivity index (χ4v) is 13.3. The molecule has 746 valence electrons. The SMILES string of the molecule is CC/C=C\C=C/C(=O)N/C=C/CC1CC(O)C(C)C/C=C/Cc2cccc(O)c2C(=O)O1.CC/C=C\C=C/C(=O)N/C=C/CC1CC(O)C(C)C/C=C/Cc2cccc(O)c2C(=O)O1.CO/N=C/C=C/C(=O)N/C=C/CC1CC(=O)OC(C)/C=C/C(O)/C(C)=C\Cc2cccc(O)c2C(=O)O1.CO/N=C/C=C/C(=O)N/C=C/CC1CC(=O)OC(CO)/C=C/C(O)/C(C)=C\Cc2cccc(O)c2C(=O)O1. The van der Waals surface area contributed by atoms with Gasteiger partial charge in [0.15, 0.2) is 0 Å². The molecule has 139 heavy (non-hydrogen) atoms. The van der Waals surface area contributed by atoms with E-state index in [1.807, 2.05) is 64.2 Å². The highest BCUT2D eigenvalue weighted by Crippen LogP contribution is 2.32. The number of allylic oxidation sites excluding steroid dienone is 14. The molecular formula is C106H130N6O27. The Hall–Kier alpha value is -14.6. The zero-order chi connectivity index (χ0) is 102. The highest BCUT2D eigenvalue weighted by molar-refractivity contribution is 5.97. The van der Waals surface area contributed by atoms with Crippen molar-refractivity contribution in [1.29, 1.82) is 0 Å². The predicted molar refractivity (Wildman–Crippen MR) is 525 cm³/mol. The standard InChI is InChI=1S/C27H32N2O9.C27H32N2O8.2C26H33NO5/c1-18-10-11-19-6-3-8-23(32)26(19)27(35)38-20(7-4-14-28-24(33)9-5-15-29-36-2)16-25(34)37-21(17-30)12-13-22(18)31;1-18-11-13-20-7-4-9-23(31)26(20)27(34)37-21(17-25(33)36-19(2)12-14-22(18)30)8-5-15-28-24(32)10-6-16-29-35-3;2*1-3-4-5-6-16-24(30)27-17-10-14-21-18-23(29)19(2)11-7-8-12-20-13-9-15-22(28)25(20)26(31)32-21/h3-6,8-10,12-15,20-22,30-32H,7,11,16-17H2,1-2H3,(H,28,33);4-7,9-12,14-16,19,21-22,30-31H,8,13,17H2,1-3H3,(H,28,32);2*4-10,13,15-17,19,21,23,28-29H,3,11-12,14,18H2,1-2H3,(H,27,30)/b9-5+,13-12+,14-4+,18-10-,29-15+;10-6+,14-12+,15-5+,18-11-,29-16+;2*5-4-,8-7+,16-6-,17-10+. The van der Waals surface area contributed by atoms with E-state index in [1.54, 1.807) is 124 Å². The number of esters is 6. The number of aliphatic hydroxyl groups is 5. The van der Waals surface area contributed by atoms with Crippen LogP contribution in [0.1, 0.15) is 189 Å². The molecule has 0 fully saturated rings. The molecule has 4 aromatic rings. The van der Waals surface area contributed by atoms with Crippen molar-refractivity contribution in [2.75, 3.05) is 20.8 Å². The number of oxime groups is 2. The number of benzene rings is 4. The Balaban J connectivity index is 0.000000328. The Bertz CT molecular complexity index is 5130. The summed E-state index contributed by atoms with van der Waals surface area (Å²) in [6, 6.07) is 19.1. The van der Waals surface area contributed by atoms with Gasteiger partial charge >= 0.3 is 35.8 Å². The molecule has 0 saturated heterocycles. The molecule has 4 heterocycles. The molecule has 4 aliphatic heterocycles. The molecule has 0 saturated carbocycles. The number of aromatic hydroxyl groups is 4. The van der Waals surface area contributed by atoms with E-state index in [1.165, 1.54) is 143 Å². The first-order valence-electron chi connectivity index (χ1n) is 45.5. The maximum Gasteiger partial charge on any atom is 0.342 e. The van der Waals surface area contributed by atoms with Gasteiger partial charge in [-0.2, -0.15) is 0 Å². The van der Waals surface area contributed by atoms with Crippen LogP contribution in [-0.2, 0) is 92.5 Å². The summed E-state index contributed by atoms with van der Waals surface area (Å²) in [6.45, 7) is 12.5. The number of nitrogens with one attached hydrogen (secondary N) is 4. The number of rotatable bonds is 25. The van der Waals surface area contributed by atoms with Crippen molar-refractivity contribution in [3.63, 3.8) is 0 Å². The minimum atomic E-state index is -1.02. The molecule has 12 unspecified atom stereocenters. The van der Waals surface area contributed by atoms with Crippen LogP contribution >= 0.6 is 0 Å². The summed E-state index contributed by atoms with van der Waals surface area (Å²) in [6.07, 6.45) is 47.9. The Morgan fingerprint density at radius 2 is 0.734 bits per heavy atom. The molecule has 33 nitrogen and oxygen atoms in total. The minimum Gasteiger partial charge on any atom is -0.507 e. The lowest BCUT2D eigenvalue weighted by Crippen LogP contribution is -2.28. The first kappa shape index (κ1) is 115.